The van der Waals surface area contributed by atoms with Crippen molar-refractivity contribution in [2.24, 2.45) is 0 Å². The highest BCUT2D eigenvalue weighted by atomic mass is 16.1. The fourth-order valence-corrected chi connectivity index (χ4v) is 3.41. The average Bonchev–Trinajstić information content (AvgIpc) is 3.07. The lowest BCUT2D eigenvalue weighted by Crippen LogP contribution is -2.20. The van der Waals surface area contributed by atoms with Gasteiger partial charge in [0, 0.05) is 24.5 Å². The molecule has 0 aliphatic heterocycles. The summed E-state index contributed by atoms with van der Waals surface area (Å²) >= 11 is 0. The maximum atomic E-state index is 12.8. The zero-order chi connectivity index (χ0) is 18.1. The second-order valence-electron chi connectivity index (χ2n) is 6.50. The first-order chi connectivity index (χ1) is 12.7. The van der Waals surface area contributed by atoms with Gasteiger partial charge in [-0.2, -0.15) is 5.10 Å². The molecule has 0 atom stereocenters. The van der Waals surface area contributed by atoms with Crippen LogP contribution in [0.2, 0.25) is 0 Å². The molecule has 0 saturated heterocycles. The van der Waals surface area contributed by atoms with Crippen LogP contribution < -0.4 is 5.56 Å². The lowest BCUT2D eigenvalue weighted by atomic mass is 10.0. The van der Waals surface area contributed by atoms with E-state index in [1.807, 2.05) is 35.0 Å². The Labute approximate surface area is 151 Å². The van der Waals surface area contributed by atoms with Crippen molar-refractivity contribution < 1.29 is 0 Å². The van der Waals surface area contributed by atoms with E-state index in [-0.39, 0.29) is 5.56 Å². The van der Waals surface area contributed by atoms with Gasteiger partial charge >= 0.3 is 0 Å². The molecule has 3 heterocycles. The third-order valence-electron chi connectivity index (χ3n) is 4.81. The smallest absolute Gasteiger partial charge is 0.261 e. The highest BCUT2D eigenvalue weighted by molar-refractivity contribution is 5.86. The number of rotatable bonds is 5. The van der Waals surface area contributed by atoms with Crippen molar-refractivity contribution in [3.63, 3.8) is 0 Å². The van der Waals surface area contributed by atoms with Gasteiger partial charge in [0.05, 0.1) is 16.6 Å². The Balaban J connectivity index is 1.98. The van der Waals surface area contributed by atoms with E-state index < -0.39 is 0 Å². The van der Waals surface area contributed by atoms with E-state index in [1.54, 1.807) is 10.8 Å². The minimum Gasteiger partial charge on any atom is -0.315 e. The van der Waals surface area contributed by atoms with E-state index in [4.69, 9.17) is 5.10 Å². The molecule has 1 aromatic carbocycles. The van der Waals surface area contributed by atoms with Crippen molar-refractivity contribution in [3.05, 3.63) is 64.8 Å². The number of aryl methyl sites for hydroxylation is 2. The van der Waals surface area contributed by atoms with E-state index >= 15 is 0 Å². The van der Waals surface area contributed by atoms with E-state index in [0.29, 0.717) is 5.39 Å². The highest BCUT2D eigenvalue weighted by Gasteiger charge is 2.17. The molecule has 3 aromatic heterocycles. The van der Waals surface area contributed by atoms with Crippen LogP contribution in [0.3, 0.4) is 0 Å². The maximum Gasteiger partial charge on any atom is 0.261 e. The Hall–Kier alpha value is -2.95. The summed E-state index contributed by atoms with van der Waals surface area (Å²) in [6.45, 7) is 4.95. The molecule has 0 amide bonds. The van der Waals surface area contributed by atoms with E-state index in [9.17, 15) is 4.79 Å². The maximum absolute atomic E-state index is 12.8. The first-order valence-electron chi connectivity index (χ1n) is 9.19. The summed E-state index contributed by atoms with van der Waals surface area (Å²) in [5, 5.41) is 5.39. The highest BCUT2D eigenvalue weighted by Crippen LogP contribution is 2.29. The van der Waals surface area contributed by atoms with Crippen molar-refractivity contribution in [3.8, 4) is 11.1 Å². The average molecular weight is 346 g/mol. The van der Waals surface area contributed by atoms with Crippen LogP contribution in [0, 0.1) is 0 Å². The van der Waals surface area contributed by atoms with Crippen molar-refractivity contribution >= 4 is 16.6 Å². The fraction of sp³-hybridized carbons (Fsp3) is 0.286. The summed E-state index contributed by atoms with van der Waals surface area (Å²) in [7, 11) is 0. The zero-order valence-corrected chi connectivity index (χ0v) is 15.1. The molecular formula is C21H22N4O. The molecule has 0 aliphatic carbocycles. The predicted molar refractivity (Wildman–Crippen MR) is 104 cm³/mol. The van der Waals surface area contributed by atoms with Gasteiger partial charge in [-0.3, -0.25) is 4.79 Å². The summed E-state index contributed by atoms with van der Waals surface area (Å²) in [5.74, 6) is 0. The van der Waals surface area contributed by atoms with E-state index in [0.717, 1.165) is 53.8 Å². The van der Waals surface area contributed by atoms with Gasteiger partial charge in [0.25, 0.3) is 5.56 Å². The normalized spacial score (nSPS) is 11.5. The molecule has 5 nitrogen and oxygen atoms in total. The first kappa shape index (κ1) is 16.5. The molecule has 0 unspecified atom stereocenters. The second kappa shape index (κ2) is 6.75. The third kappa shape index (κ3) is 2.60. The number of pyridine rings is 1. The van der Waals surface area contributed by atoms with Gasteiger partial charge in [0.15, 0.2) is 5.65 Å². The van der Waals surface area contributed by atoms with Crippen LogP contribution in [0.25, 0.3) is 27.7 Å². The Morgan fingerprint density at radius 1 is 1.08 bits per heavy atom. The van der Waals surface area contributed by atoms with Crippen molar-refractivity contribution in [1.29, 1.82) is 0 Å². The number of benzene rings is 1. The Morgan fingerprint density at radius 3 is 2.62 bits per heavy atom. The minimum absolute atomic E-state index is 0.000148. The molecular weight excluding hydrogens is 324 g/mol. The minimum atomic E-state index is 0.000148. The monoisotopic (exact) mass is 346 g/mol. The molecule has 0 bridgehead atoms. The van der Waals surface area contributed by atoms with Crippen LogP contribution in [0.15, 0.2) is 53.6 Å². The van der Waals surface area contributed by atoms with Gasteiger partial charge in [-0.25, -0.2) is 9.50 Å². The number of fused-ring (bicyclic) bond motifs is 3. The molecule has 4 aromatic rings. The number of hydrogen-bond acceptors (Lipinski definition) is 3. The number of unbranched alkanes of at least 4 members (excludes halogenated alkanes) is 1. The SMILES string of the molecule is CCCCn1ccc2c(cnc3c(-c4ccccc4)c(CC)nn32)c1=O. The lowest BCUT2D eigenvalue weighted by molar-refractivity contribution is 0.616. The topological polar surface area (TPSA) is 52.2 Å². The molecule has 5 heteroatoms. The molecule has 26 heavy (non-hydrogen) atoms. The van der Waals surface area contributed by atoms with Crippen LogP contribution >= 0.6 is 0 Å². The summed E-state index contributed by atoms with van der Waals surface area (Å²) < 4.78 is 3.59. The predicted octanol–water partition coefficient (Wildman–Crippen LogP) is 4.07. The molecule has 0 aliphatic rings. The molecule has 0 saturated carbocycles. The quantitative estimate of drug-likeness (QED) is 0.547. The summed E-state index contributed by atoms with van der Waals surface area (Å²) in [6, 6.07) is 12.2. The van der Waals surface area contributed by atoms with Crippen LogP contribution in [0.1, 0.15) is 32.4 Å². The van der Waals surface area contributed by atoms with Crippen LogP contribution in [-0.2, 0) is 13.0 Å². The lowest BCUT2D eigenvalue weighted by Gasteiger charge is -2.07. The van der Waals surface area contributed by atoms with E-state index in [2.05, 4.69) is 31.0 Å². The Bertz CT molecular complexity index is 1130. The summed E-state index contributed by atoms with van der Waals surface area (Å²) in [5.41, 5.74) is 4.75. The third-order valence-corrected chi connectivity index (χ3v) is 4.81. The van der Waals surface area contributed by atoms with Gasteiger partial charge in [-0.05, 0) is 24.5 Å². The second-order valence-corrected chi connectivity index (χ2v) is 6.50. The Kier molecular flexibility index (Phi) is 4.29. The molecule has 0 spiro atoms. The van der Waals surface area contributed by atoms with Gasteiger partial charge < -0.3 is 4.57 Å². The first-order valence-corrected chi connectivity index (χ1v) is 9.19. The standard InChI is InChI=1S/C21H22N4O/c1-3-5-12-24-13-11-18-16(21(24)26)14-22-20-19(15-9-7-6-8-10-15)17(4-2)23-25(18)20/h6-11,13-14H,3-5,12H2,1-2H3. The summed E-state index contributed by atoms with van der Waals surface area (Å²) in [4.78, 5) is 17.4. The number of hydrogen-bond donors (Lipinski definition) is 0. The number of aromatic nitrogens is 4. The molecule has 0 fully saturated rings. The number of nitrogens with zero attached hydrogens (tertiary/aromatic N) is 4. The Morgan fingerprint density at radius 2 is 1.88 bits per heavy atom. The fourth-order valence-electron chi connectivity index (χ4n) is 3.41. The van der Waals surface area contributed by atoms with Crippen LogP contribution in [0.5, 0.6) is 0 Å². The largest absolute Gasteiger partial charge is 0.315 e. The van der Waals surface area contributed by atoms with Gasteiger partial charge in [0.2, 0.25) is 0 Å². The van der Waals surface area contributed by atoms with E-state index in [1.165, 1.54) is 0 Å². The zero-order valence-electron chi connectivity index (χ0n) is 15.1. The van der Waals surface area contributed by atoms with Gasteiger partial charge in [-0.1, -0.05) is 50.6 Å². The van der Waals surface area contributed by atoms with Crippen molar-refractivity contribution in [2.75, 3.05) is 0 Å². The molecule has 4 rings (SSSR count). The van der Waals surface area contributed by atoms with Crippen LogP contribution in [0.4, 0.5) is 0 Å². The molecule has 0 N–H and O–H groups in total. The van der Waals surface area contributed by atoms with Gasteiger partial charge in [-0.15, -0.1) is 0 Å². The van der Waals surface area contributed by atoms with Gasteiger partial charge in [0.1, 0.15) is 0 Å². The molecule has 132 valence electrons. The van der Waals surface area contributed by atoms with Crippen LogP contribution in [-0.4, -0.2) is 19.2 Å². The van der Waals surface area contributed by atoms with Crippen molar-refractivity contribution in [1.82, 2.24) is 19.2 Å². The summed E-state index contributed by atoms with van der Waals surface area (Å²) in [6.07, 6.45) is 6.42. The van der Waals surface area contributed by atoms with Crippen molar-refractivity contribution in [2.45, 2.75) is 39.7 Å². The molecule has 0 radical (unpaired) electrons.